The molecule has 4 aliphatic rings. The molecule has 0 radical (unpaired) electrons. The molecule has 0 aromatic rings. The first kappa shape index (κ1) is 26.5. The van der Waals surface area contributed by atoms with Crippen LogP contribution < -0.4 is 0 Å². The van der Waals surface area contributed by atoms with E-state index in [1.807, 2.05) is 0 Å². The van der Waals surface area contributed by atoms with Gasteiger partial charge in [0.05, 0.1) is 13.7 Å². The highest BCUT2D eigenvalue weighted by Crippen LogP contribution is 2.69. The molecule has 35 heavy (non-hydrogen) atoms. The molecule has 4 fully saturated rings. The largest absolute Gasteiger partial charge is 0.508 e. The van der Waals surface area contributed by atoms with E-state index >= 15 is 0 Å². The average Bonchev–Trinajstić information content (AvgIpc) is 3.18. The minimum Gasteiger partial charge on any atom is -0.469 e. The molecule has 10 atom stereocenters. The predicted molar refractivity (Wildman–Crippen MR) is 132 cm³/mol. The number of methoxy groups -OCH3 is 1. The highest BCUT2D eigenvalue weighted by Gasteiger charge is 2.64. The van der Waals surface area contributed by atoms with Gasteiger partial charge in [0.15, 0.2) is 0 Å². The fourth-order valence-corrected chi connectivity index (χ4v) is 9.45. The molecule has 0 saturated heterocycles. The van der Waals surface area contributed by atoms with Crippen molar-refractivity contribution in [2.45, 2.75) is 98.5 Å². The maximum atomic E-state index is 12.7. The van der Waals surface area contributed by atoms with Crippen molar-refractivity contribution in [1.29, 1.82) is 0 Å². The standard InChI is InChI=1S/C29H46O6/c1-7-34-27(32)35-24-16-22-18(3)23(30)13-15-29(22,5)21-12-14-28(4)19(9-10-20(28)26(21)24)17(2)8-11-25(31)33-6/h17-22,24,26H,7-16H2,1-6H3/t17-,18-,19-,20+,21+,22-,24-,26+,28-,29-/m1/s1. The van der Waals surface area contributed by atoms with Crippen molar-refractivity contribution in [2.24, 2.45) is 52.3 Å². The summed E-state index contributed by atoms with van der Waals surface area (Å²) in [4.78, 5) is 37.0. The van der Waals surface area contributed by atoms with Crippen LogP contribution in [-0.2, 0) is 23.8 Å². The SMILES string of the molecule is CCOC(=O)O[C@@H]1C[C@@H]2[C@@H](C)C(=O)CC[C@]2(C)[C@H]2CC[C@]3(C)[C@@H]([C@H](C)CCC(=O)OC)CC[C@H]3[C@H]12. The van der Waals surface area contributed by atoms with Crippen molar-refractivity contribution in [3.05, 3.63) is 0 Å². The summed E-state index contributed by atoms with van der Waals surface area (Å²) in [6, 6.07) is 0. The zero-order chi connectivity index (χ0) is 25.5. The number of hydrogen-bond acceptors (Lipinski definition) is 6. The van der Waals surface area contributed by atoms with Crippen molar-refractivity contribution in [3.63, 3.8) is 0 Å². The molecule has 0 bridgehead atoms. The monoisotopic (exact) mass is 490 g/mol. The fraction of sp³-hybridized carbons (Fsp3) is 0.897. The number of fused-ring (bicyclic) bond motifs is 5. The summed E-state index contributed by atoms with van der Waals surface area (Å²) in [6.07, 6.45) is 7.55. The fourth-order valence-electron chi connectivity index (χ4n) is 9.45. The third-order valence-electron chi connectivity index (χ3n) is 11.3. The molecule has 198 valence electrons. The maximum absolute atomic E-state index is 12.7. The lowest BCUT2D eigenvalue weighted by Crippen LogP contribution is -2.60. The molecule has 0 N–H and O–H groups in total. The Balaban J connectivity index is 1.62. The van der Waals surface area contributed by atoms with Gasteiger partial charge < -0.3 is 14.2 Å². The summed E-state index contributed by atoms with van der Waals surface area (Å²) in [5.41, 5.74) is 0.286. The van der Waals surface area contributed by atoms with E-state index in [0.29, 0.717) is 54.8 Å². The summed E-state index contributed by atoms with van der Waals surface area (Å²) >= 11 is 0. The van der Waals surface area contributed by atoms with Gasteiger partial charge in [0.1, 0.15) is 11.9 Å². The molecular weight excluding hydrogens is 444 g/mol. The van der Waals surface area contributed by atoms with E-state index in [1.54, 1.807) is 6.92 Å². The lowest BCUT2D eigenvalue weighted by molar-refractivity contribution is -0.182. The maximum Gasteiger partial charge on any atom is 0.508 e. The lowest BCUT2D eigenvalue weighted by atomic mass is 9.42. The second-order valence-electron chi connectivity index (χ2n) is 12.6. The molecule has 0 heterocycles. The van der Waals surface area contributed by atoms with Crippen molar-refractivity contribution < 1.29 is 28.6 Å². The lowest BCUT2D eigenvalue weighted by Gasteiger charge is -2.63. The number of hydrogen-bond donors (Lipinski definition) is 0. The van der Waals surface area contributed by atoms with Gasteiger partial charge in [0.25, 0.3) is 0 Å². The minimum atomic E-state index is -0.567. The van der Waals surface area contributed by atoms with Crippen molar-refractivity contribution >= 4 is 17.9 Å². The zero-order valence-corrected chi connectivity index (χ0v) is 22.6. The van der Waals surface area contributed by atoms with Crippen molar-refractivity contribution in [3.8, 4) is 0 Å². The third-order valence-corrected chi connectivity index (χ3v) is 11.3. The van der Waals surface area contributed by atoms with Gasteiger partial charge in [-0.25, -0.2) is 4.79 Å². The van der Waals surface area contributed by atoms with Crippen LogP contribution in [0.3, 0.4) is 0 Å². The second-order valence-corrected chi connectivity index (χ2v) is 12.6. The number of carbonyl (C=O) groups excluding carboxylic acids is 3. The third kappa shape index (κ3) is 4.52. The first-order valence-corrected chi connectivity index (χ1v) is 14.0. The van der Waals surface area contributed by atoms with Crippen molar-refractivity contribution in [1.82, 2.24) is 0 Å². The van der Waals surface area contributed by atoms with Gasteiger partial charge in [-0.05, 0) is 92.3 Å². The Morgan fingerprint density at radius 1 is 1.06 bits per heavy atom. The molecule has 0 aromatic carbocycles. The van der Waals surface area contributed by atoms with E-state index in [9.17, 15) is 14.4 Å². The summed E-state index contributed by atoms with van der Waals surface area (Å²) in [5, 5.41) is 0. The number of esters is 1. The van der Waals surface area contributed by atoms with Crippen molar-refractivity contribution in [2.75, 3.05) is 13.7 Å². The first-order valence-electron chi connectivity index (χ1n) is 14.0. The number of rotatable bonds is 6. The van der Waals surface area contributed by atoms with Gasteiger partial charge in [-0.2, -0.15) is 0 Å². The molecule has 0 aromatic heterocycles. The summed E-state index contributed by atoms with van der Waals surface area (Å²) in [7, 11) is 1.46. The van der Waals surface area contributed by atoms with Gasteiger partial charge in [0.2, 0.25) is 0 Å². The number of Topliss-reactive ketones (excluding diaryl/α,β-unsaturated/α-hetero) is 1. The molecule has 0 unspecified atom stereocenters. The van der Waals surface area contributed by atoms with Crippen LogP contribution in [0.15, 0.2) is 0 Å². The first-order chi connectivity index (χ1) is 16.6. The van der Waals surface area contributed by atoms with Gasteiger partial charge in [-0.1, -0.05) is 27.7 Å². The van der Waals surface area contributed by atoms with Crippen LogP contribution in [0.5, 0.6) is 0 Å². The summed E-state index contributed by atoms with van der Waals surface area (Å²) in [5.74, 6) is 2.75. The minimum absolute atomic E-state index is 0.0194. The molecular formula is C29H46O6. The Hall–Kier alpha value is -1.59. The highest BCUT2D eigenvalue weighted by atomic mass is 16.7. The number of ether oxygens (including phenoxy) is 3. The normalized spacial score (nSPS) is 43.4. The van der Waals surface area contributed by atoms with Crippen LogP contribution in [0.1, 0.15) is 92.4 Å². The molecule has 6 heteroatoms. The van der Waals surface area contributed by atoms with Gasteiger partial charge in [0, 0.05) is 24.7 Å². The number of ketones is 1. The van der Waals surface area contributed by atoms with E-state index < -0.39 is 6.16 Å². The molecule has 0 aliphatic heterocycles. The van der Waals surface area contributed by atoms with E-state index in [1.165, 1.54) is 13.5 Å². The van der Waals surface area contributed by atoms with Crippen LogP contribution in [0.2, 0.25) is 0 Å². The van der Waals surface area contributed by atoms with Crippen LogP contribution in [0.4, 0.5) is 4.79 Å². The second kappa shape index (κ2) is 10.0. The van der Waals surface area contributed by atoms with E-state index in [4.69, 9.17) is 14.2 Å². The van der Waals surface area contributed by atoms with Crippen LogP contribution in [0, 0.1) is 52.3 Å². The summed E-state index contributed by atoms with van der Waals surface area (Å²) in [6.45, 7) is 11.4. The molecule has 0 amide bonds. The van der Waals surface area contributed by atoms with Gasteiger partial charge in [-0.3, -0.25) is 9.59 Å². The Morgan fingerprint density at radius 3 is 2.46 bits per heavy atom. The zero-order valence-electron chi connectivity index (χ0n) is 22.6. The Kier molecular flexibility index (Phi) is 7.60. The average molecular weight is 491 g/mol. The molecule has 0 spiro atoms. The topological polar surface area (TPSA) is 78.9 Å². The Morgan fingerprint density at radius 2 is 1.77 bits per heavy atom. The smallest absolute Gasteiger partial charge is 0.469 e. The van der Waals surface area contributed by atoms with Gasteiger partial charge >= 0.3 is 12.1 Å². The van der Waals surface area contributed by atoms with E-state index in [-0.39, 0.29) is 34.7 Å². The molecule has 4 rings (SSSR count). The Bertz CT molecular complexity index is 824. The van der Waals surface area contributed by atoms with Crippen LogP contribution in [0.25, 0.3) is 0 Å². The predicted octanol–water partition coefficient (Wildman–Crippen LogP) is 6.20. The van der Waals surface area contributed by atoms with E-state index in [0.717, 1.165) is 38.5 Å². The Labute approximate surface area is 211 Å². The molecule has 4 aliphatic carbocycles. The summed E-state index contributed by atoms with van der Waals surface area (Å²) < 4.78 is 16.2. The number of carbonyl (C=O) groups is 3. The van der Waals surface area contributed by atoms with E-state index in [2.05, 4.69) is 27.7 Å². The highest BCUT2D eigenvalue weighted by molar-refractivity contribution is 5.82. The van der Waals surface area contributed by atoms with Crippen LogP contribution >= 0.6 is 0 Å². The van der Waals surface area contributed by atoms with Crippen LogP contribution in [-0.4, -0.2) is 37.7 Å². The van der Waals surface area contributed by atoms with Gasteiger partial charge in [-0.15, -0.1) is 0 Å². The molecule has 4 saturated carbocycles. The molecule has 6 nitrogen and oxygen atoms in total. The quantitative estimate of drug-likeness (QED) is 0.412.